The van der Waals surface area contributed by atoms with Gasteiger partial charge in [-0.05, 0) is 6.92 Å². The highest BCUT2D eigenvalue weighted by molar-refractivity contribution is 7.13. The highest BCUT2D eigenvalue weighted by Gasteiger charge is 2.11. The van der Waals surface area contributed by atoms with Gasteiger partial charge in [-0.1, -0.05) is 5.16 Å². The first-order chi connectivity index (χ1) is 5.79. The van der Waals surface area contributed by atoms with E-state index in [4.69, 9.17) is 10.3 Å². The van der Waals surface area contributed by atoms with E-state index in [-0.39, 0.29) is 0 Å². The van der Waals surface area contributed by atoms with Gasteiger partial charge in [-0.2, -0.15) is 0 Å². The predicted molar refractivity (Wildman–Crippen MR) is 46.8 cm³/mol. The molecule has 0 aliphatic rings. The summed E-state index contributed by atoms with van der Waals surface area (Å²) < 4.78 is 5.03. The van der Waals surface area contributed by atoms with Gasteiger partial charge in [0.05, 0.1) is 10.4 Å². The van der Waals surface area contributed by atoms with Gasteiger partial charge in [0.2, 0.25) is 0 Å². The normalized spacial score (nSPS) is 10.4. The van der Waals surface area contributed by atoms with Crippen LogP contribution in [0.5, 0.6) is 0 Å². The highest BCUT2D eigenvalue weighted by atomic mass is 32.1. The Balaban J connectivity index is 2.55. The Labute approximate surface area is 73.0 Å². The van der Waals surface area contributed by atoms with E-state index in [0.717, 1.165) is 16.2 Å². The standard InChI is InChI=1S/C7H7N3OS/c1-4-6(11-10-7(4)8)5-2-9-3-12-5/h2-3H,1H3,(H2,8,10). The molecule has 2 aromatic rings. The van der Waals surface area contributed by atoms with E-state index in [9.17, 15) is 0 Å². The lowest BCUT2D eigenvalue weighted by Gasteiger charge is -1.88. The first-order valence-electron chi connectivity index (χ1n) is 3.39. The number of anilines is 1. The third-order valence-electron chi connectivity index (χ3n) is 1.62. The van der Waals surface area contributed by atoms with Crippen LogP contribution in [0.3, 0.4) is 0 Å². The van der Waals surface area contributed by atoms with Crippen molar-refractivity contribution in [2.45, 2.75) is 6.92 Å². The van der Waals surface area contributed by atoms with Gasteiger partial charge in [0.1, 0.15) is 0 Å². The van der Waals surface area contributed by atoms with Gasteiger partial charge in [-0.3, -0.25) is 4.98 Å². The second-order valence-electron chi connectivity index (χ2n) is 2.39. The maximum Gasteiger partial charge on any atom is 0.183 e. The van der Waals surface area contributed by atoms with E-state index in [1.165, 1.54) is 11.3 Å². The van der Waals surface area contributed by atoms with E-state index < -0.39 is 0 Å². The number of hydrogen-bond acceptors (Lipinski definition) is 5. The van der Waals surface area contributed by atoms with Crippen LogP contribution >= 0.6 is 11.3 Å². The first-order valence-corrected chi connectivity index (χ1v) is 4.27. The van der Waals surface area contributed by atoms with Crippen LogP contribution in [0.25, 0.3) is 10.6 Å². The van der Waals surface area contributed by atoms with Gasteiger partial charge >= 0.3 is 0 Å². The largest absolute Gasteiger partial charge is 0.381 e. The van der Waals surface area contributed by atoms with Crippen molar-refractivity contribution in [3.8, 4) is 10.6 Å². The molecule has 12 heavy (non-hydrogen) atoms. The van der Waals surface area contributed by atoms with E-state index in [1.54, 1.807) is 11.7 Å². The van der Waals surface area contributed by atoms with Crippen molar-refractivity contribution in [2.24, 2.45) is 0 Å². The Morgan fingerprint density at radius 1 is 1.58 bits per heavy atom. The topological polar surface area (TPSA) is 64.9 Å². The van der Waals surface area contributed by atoms with Crippen LogP contribution in [-0.4, -0.2) is 10.1 Å². The molecule has 0 spiro atoms. The number of nitrogens with two attached hydrogens (primary N) is 1. The van der Waals surface area contributed by atoms with Crippen molar-refractivity contribution in [1.82, 2.24) is 10.1 Å². The van der Waals surface area contributed by atoms with Crippen molar-refractivity contribution in [2.75, 3.05) is 5.73 Å². The summed E-state index contributed by atoms with van der Waals surface area (Å²) in [4.78, 5) is 4.89. The maximum absolute atomic E-state index is 5.53. The summed E-state index contributed by atoms with van der Waals surface area (Å²) in [7, 11) is 0. The zero-order valence-electron chi connectivity index (χ0n) is 6.44. The average molecular weight is 181 g/mol. The summed E-state index contributed by atoms with van der Waals surface area (Å²) in [5.74, 6) is 1.16. The summed E-state index contributed by atoms with van der Waals surface area (Å²) >= 11 is 1.50. The van der Waals surface area contributed by atoms with Gasteiger partial charge < -0.3 is 10.3 Å². The molecule has 0 saturated carbocycles. The third kappa shape index (κ3) is 0.984. The fraction of sp³-hybridized carbons (Fsp3) is 0.143. The molecule has 2 rings (SSSR count). The van der Waals surface area contributed by atoms with Crippen molar-refractivity contribution in [3.63, 3.8) is 0 Å². The molecule has 0 unspecified atom stereocenters. The zero-order chi connectivity index (χ0) is 8.55. The Morgan fingerprint density at radius 3 is 2.92 bits per heavy atom. The molecule has 0 atom stereocenters. The summed E-state index contributed by atoms with van der Waals surface area (Å²) in [6.07, 6.45) is 1.73. The third-order valence-corrected chi connectivity index (χ3v) is 2.39. The van der Waals surface area contributed by atoms with Crippen molar-refractivity contribution in [1.29, 1.82) is 0 Å². The van der Waals surface area contributed by atoms with Crippen LogP contribution in [0.2, 0.25) is 0 Å². The lowest BCUT2D eigenvalue weighted by Crippen LogP contribution is -1.85. The molecule has 4 nitrogen and oxygen atoms in total. The summed E-state index contributed by atoms with van der Waals surface area (Å²) in [5.41, 5.74) is 8.14. The monoisotopic (exact) mass is 181 g/mol. The average Bonchev–Trinajstić information content (AvgIpc) is 2.64. The molecular formula is C7H7N3OS. The van der Waals surface area contributed by atoms with Crippen molar-refractivity contribution < 1.29 is 4.52 Å². The quantitative estimate of drug-likeness (QED) is 0.727. The van der Waals surface area contributed by atoms with Crippen molar-refractivity contribution in [3.05, 3.63) is 17.3 Å². The minimum atomic E-state index is 0.443. The molecule has 0 saturated heterocycles. The Hall–Kier alpha value is -1.36. The van der Waals surface area contributed by atoms with Crippen LogP contribution < -0.4 is 5.73 Å². The van der Waals surface area contributed by atoms with Crippen molar-refractivity contribution >= 4 is 17.2 Å². The second-order valence-corrected chi connectivity index (χ2v) is 3.27. The number of rotatable bonds is 1. The van der Waals surface area contributed by atoms with Gasteiger partial charge in [-0.15, -0.1) is 11.3 Å². The molecule has 2 aromatic heterocycles. The van der Waals surface area contributed by atoms with Crippen LogP contribution in [0.4, 0.5) is 5.82 Å². The molecule has 5 heteroatoms. The summed E-state index contributed by atoms with van der Waals surface area (Å²) in [5, 5.41) is 3.65. The molecule has 0 bridgehead atoms. The van der Waals surface area contributed by atoms with E-state index in [1.807, 2.05) is 6.92 Å². The second kappa shape index (κ2) is 2.60. The Bertz CT molecular complexity index is 379. The fourth-order valence-electron chi connectivity index (χ4n) is 0.906. The number of nitrogen functional groups attached to an aromatic ring is 1. The minimum absolute atomic E-state index is 0.443. The summed E-state index contributed by atoms with van der Waals surface area (Å²) in [6.45, 7) is 1.88. The number of hydrogen-bond donors (Lipinski definition) is 1. The number of thiazole rings is 1. The SMILES string of the molecule is Cc1c(N)noc1-c1cncs1. The smallest absolute Gasteiger partial charge is 0.183 e. The fourth-order valence-corrected chi connectivity index (χ4v) is 1.56. The highest BCUT2D eigenvalue weighted by Crippen LogP contribution is 2.28. The Kier molecular flexibility index (Phi) is 1.58. The zero-order valence-corrected chi connectivity index (χ0v) is 7.26. The van der Waals surface area contributed by atoms with Gasteiger partial charge in [-0.25, -0.2) is 0 Å². The van der Waals surface area contributed by atoms with Gasteiger partial charge in [0.25, 0.3) is 0 Å². The molecular weight excluding hydrogens is 174 g/mol. The minimum Gasteiger partial charge on any atom is -0.381 e. The van der Waals surface area contributed by atoms with Crippen LogP contribution in [-0.2, 0) is 0 Å². The molecule has 0 fully saturated rings. The molecule has 2 N–H and O–H groups in total. The molecule has 0 amide bonds. The lowest BCUT2D eigenvalue weighted by molar-refractivity contribution is 0.436. The van der Waals surface area contributed by atoms with Gasteiger partial charge in [0, 0.05) is 11.8 Å². The lowest BCUT2D eigenvalue weighted by atomic mass is 10.2. The molecule has 0 aromatic carbocycles. The first kappa shape index (κ1) is 7.30. The molecule has 62 valence electrons. The molecule has 0 aliphatic heterocycles. The predicted octanol–water partition coefficient (Wildman–Crippen LogP) is 1.69. The van der Waals surface area contributed by atoms with Crippen LogP contribution in [0.1, 0.15) is 5.56 Å². The maximum atomic E-state index is 5.53. The van der Waals surface area contributed by atoms with Crippen LogP contribution in [0.15, 0.2) is 16.2 Å². The summed E-state index contributed by atoms with van der Waals surface area (Å²) in [6, 6.07) is 0. The molecule has 0 radical (unpaired) electrons. The number of nitrogens with zero attached hydrogens (tertiary/aromatic N) is 2. The molecule has 2 heterocycles. The van der Waals surface area contributed by atoms with E-state index in [2.05, 4.69) is 10.1 Å². The van der Waals surface area contributed by atoms with E-state index in [0.29, 0.717) is 5.82 Å². The molecule has 0 aliphatic carbocycles. The van der Waals surface area contributed by atoms with Crippen LogP contribution in [0, 0.1) is 6.92 Å². The van der Waals surface area contributed by atoms with Gasteiger partial charge in [0.15, 0.2) is 11.6 Å². The van der Waals surface area contributed by atoms with E-state index >= 15 is 0 Å². The number of aromatic nitrogens is 2. The Morgan fingerprint density at radius 2 is 2.42 bits per heavy atom.